The molecule has 0 aliphatic heterocycles. The van der Waals surface area contributed by atoms with Gasteiger partial charge in [-0.3, -0.25) is 0 Å². The number of halogens is 3. The van der Waals surface area contributed by atoms with E-state index >= 15 is 0 Å². The molecule has 0 fully saturated rings. The van der Waals surface area contributed by atoms with E-state index in [1.165, 1.54) is 17.0 Å². The molecule has 0 spiro atoms. The van der Waals surface area contributed by atoms with Crippen LogP contribution in [0.1, 0.15) is 5.56 Å². The van der Waals surface area contributed by atoms with Crippen LogP contribution in [0.4, 0.5) is 4.39 Å². The summed E-state index contributed by atoms with van der Waals surface area (Å²) >= 11 is 17.3. The fourth-order valence-electron chi connectivity index (χ4n) is 1.97. The molecule has 3 rings (SSSR count). The number of hydrogen-bond acceptors (Lipinski definition) is 3. The van der Waals surface area contributed by atoms with Crippen molar-refractivity contribution >= 4 is 41.6 Å². The zero-order valence-corrected chi connectivity index (χ0v) is 13.8. The van der Waals surface area contributed by atoms with Crippen LogP contribution in [0.5, 0.6) is 0 Å². The van der Waals surface area contributed by atoms with E-state index in [4.69, 9.17) is 35.4 Å². The van der Waals surface area contributed by atoms with Gasteiger partial charge in [0.05, 0.1) is 21.8 Å². The van der Waals surface area contributed by atoms with Gasteiger partial charge in [-0.1, -0.05) is 41.4 Å². The second-order valence-electron chi connectivity index (χ2n) is 4.52. The number of nitrogens with zero attached hydrogens (tertiary/aromatic N) is 3. The molecule has 116 valence electrons. The number of aromatic nitrogens is 3. The Labute approximate surface area is 146 Å². The first-order chi connectivity index (χ1) is 11.1. The van der Waals surface area contributed by atoms with Crippen molar-refractivity contribution in [2.24, 2.45) is 5.10 Å². The molecule has 4 nitrogen and oxygen atoms in total. The van der Waals surface area contributed by atoms with Gasteiger partial charge in [-0.25, -0.2) is 9.49 Å². The molecule has 1 heterocycles. The van der Waals surface area contributed by atoms with E-state index in [1.54, 1.807) is 36.4 Å². The van der Waals surface area contributed by atoms with Crippen LogP contribution in [-0.2, 0) is 0 Å². The minimum absolute atomic E-state index is 0.225. The molecule has 0 aliphatic carbocycles. The van der Waals surface area contributed by atoms with E-state index in [0.717, 1.165) is 0 Å². The van der Waals surface area contributed by atoms with Crippen molar-refractivity contribution in [3.8, 4) is 11.4 Å². The number of aromatic amines is 1. The van der Waals surface area contributed by atoms with Gasteiger partial charge >= 0.3 is 0 Å². The first kappa shape index (κ1) is 15.9. The third-order valence-electron chi connectivity index (χ3n) is 3.07. The third kappa shape index (κ3) is 3.19. The van der Waals surface area contributed by atoms with E-state index in [2.05, 4.69) is 15.3 Å². The number of rotatable bonds is 3. The molecular formula is C15H9Cl2FN4S. The van der Waals surface area contributed by atoms with Crippen LogP contribution >= 0.6 is 35.4 Å². The molecule has 0 bridgehead atoms. The summed E-state index contributed by atoms with van der Waals surface area (Å²) < 4.78 is 15.5. The third-order valence-corrected chi connectivity index (χ3v) is 3.99. The monoisotopic (exact) mass is 366 g/mol. The SMILES string of the molecule is Fc1ccccc1-c1n[nH]c(=S)n1/N=C\c1c(Cl)cccc1Cl. The highest BCUT2D eigenvalue weighted by atomic mass is 35.5. The van der Waals surface area contributed by atoms with E-state index in [0.29, 0.717) is 15.6 Å². The van der Waals surface area contributed by atoms with Crippen LogP contribution in [0.2, 0.25) is 10.0 Å². The number of H-pyrrole nitrogens is 1. The van der Waals surface area contributed by atoms with E-state index in [1.807, 2.05) is 0 Å². The van der Waals surface area contributed by atoms with Crippen molar-refractivity contribution in [2.75, 3.05) is 0 Å². The standard InChI is InChI=1S/C15H9Cl2FN4S/c16-11-5-3-6-12(17)10(11)8-19-22-14(20-21-15(22)23)9-4-1-2-7-13(9)18/h1-8H,(H,21,23)/b19-8-. The van der Waals surface area contributed by atoms with Gasteiger partial charge in [0.25, 0.3) is 0 Å². The Hall–Kier alpha value is -2.02. The maximum Gasteiger partial charge on any atom is 0.216 e. The summed E-state index contributed by atoms with van der Waals surface area (Å²) in [5.41, 5.74) is 0.820. The highest BCUT2D eigenvalue weighted by Crippen LogP contribution is 2.23. The summed E-state index contributed by atoms with van der Waals surface area (Å²) in [5.74, 6) is -0.166. The van der Waals surface area contributed by atoms with Gasteiger partial charge in [-0.05, 0) is 36.5 Å². The average molecular weight is 367 g/mol. The van der Waals surface area contributed by atoms with Crippen molar-refractivity contribution in [3.63, 3.8) is 0 Å². The lowest BCUT2D eigenvalue weighted by molar-refractivity contribution is 0.628. The van der Waals surface area contributed by atoms with Crippen LogP contribution in [0.25, 0.3) is 11.4 Å². The van der Waals surface area contributed by atoms with Crippen molar-refractivity contribution < 1.29 is 4.39 Å². The van der Waals surface area contributed by atoms with E-state index in [-0.39, 0.29) is 16.2 Å². The molecule has 1 aromatic heterocycles. The first-order valence-electron chi connectivity index (χ1n) is 6.48. The lowest BCUT2D eigenvalue weighted by atomic mass is 10.2. The fraction of sp³-hybridized carbons (Fsp3) is 0. The van der Waals surface area contributed by atoms with Gasteiger partial charge in [0.1, 0.15) is 5.82 Å². The van der Waals surface area contributed by atoms with Gasteiger partial charge in [-0.15, -0.1) is 0 Å². The average Bonchev–Trinajstić information content (AvgIpc) is 2.88. The molecule has 23 heavy (non-hydrogen) atoms. The summed E-state index contributed by atoms with van der Waals surface area (Å²) in [7, 11) is 0. The summed E-state index contributed by atoms with van der Waals surface area (Å²) in [4.78, 5) is 0. The van der Waals surface area contributed by atoms with Crippen LogP contribution in [0.15, 0.2) is 47.6 Å². The molecule has 0 radical (unpaired) electrons. The zero-order valence-electron chi connectivity index (χ0n) is 11.5. The van der Waals surface area contributed by atoms with Crippen molar-refractivity contribution in [1.29, 1.82) is 0 Å². The Balaban J connectivity index is 2.09. The summed E-state index contributed by atoms with van der Waals surface area (Å²) in [6.45, 7) is 0. The molecule has 0 aliphatic rings. The van der Waals surface area contributed by atoms with Crippen molar-refractivity contribution in [1.82, 2.24) is 14.9 Å². The number of nitrogens with one attached hydrogen (secondary N) is 1. The quantitative estimate of drug-likeness (QED) is 0.527. The number of hydrogen-bond donors (Lipinski definition) is 1. The van der Waals surface area contributed by atoms with Gasteiger partial charge in [0.15, 0.2) is 5.82 Å². The van der Waals surface area contributed by atoms with Crippen molar-refractivity contribution in [2.45, 2.75) is 0 Å². The van der Waals surface area contributed by atoms with E-state index < -0.39 is 5.82 Å². The largest absolute Gasteiger partial charge is 0.250 e. The topological polar surface area (TPSA) is 46.0 Å². The molecule has 0 saturated heterocycles. The predicted octanol–water partition coefficient (Wildman–Crippen LogP) is 4.94. The summed E-state index contributed by atoms with van der Waals surface area (Å²) in [6, 6.07) is 11.4. The number of benzene rings is 2. The normalized spacial score (nSPS) is 11.3. The smallest absolute Gasteiger partial charge is 0.216 e. The Kier molecular flexibility index (Phi) is 4.56. The minimum Gasteiger partial charge on any atom is -0.250 e. The molecule has 8 heteroatoms. The van der Waals surface area contributed by atoms with Crippen LogP contribution in [-0.4, -0.2) is 21.1 Å². The maximum atomic E-state index is 14.0. The Bertz CT molecular complexity index is 928. The van der Waals surface area contributed by atoms with Crippen LogP contribution in [0, 0.1) is 10.6 Å². The second-order valence-corrected chi connectivity index (χ2v) is 5.73. The minimum atomic E-state index is -0.422. The van der Waals surface area contributed by atoms with Crippen LogP contribution in [0.3, 0.4) is 0 Å². The first-order valence-corrected chi connectivity index (χ1v) is 7.65. The molecule has 2 aromatic carbocycles. The van der Waals surface area contributed by atoms with Gasteiger partial charge in [0, 0.05) is 5.56 Å². The molecule has 0 atom stereocenters. The molecule has 1 N–H and O–H groups in total. The molecule has 3 aromatic rings. The van der Waals surface area contributed by atoms with Gasteiger partial charge < -0.3 is 0 Å². The molecule has 0 saturated carbocycles. The van der Waals surface area contributed by atoms with Crippen molar-refractivity contribution in [3.05, 3.63) is 68.7 Å². The molecular weight excluding hydrogens is 358 g/mol. The predicted molar refractivity (Wildman–Crippen MR) is 92.3 cm³/mol. The highest BCUT2D eigenvalue weighted by Gasteiger charge is 2.12. The molecule has 0 amide bonds. The highest BCUT2D eigenvalue weighted by molar-refractivity contribution is 7.71. The van der Waals surface area contributed by atoms with Gasteiger partial charge in [0.2, 0.25) is 4.77 Å². The lowest BCUT2D eigenvalue weighted by Gasteiger charge is -2.03. The zero-order chi connectivity index (χ0) is 16.4. The Morgan fingerprint density at radius 1 is 1.13 bits per heavy atom. The fourth-order valence-corrected chi connectivity index (χ4v) is 2.64. The lowest BCUT2D eigenvalue weighted by Crippen LogP contribution is -1.97. The van der Waals surface area contributed by atoms with E-state index in [9.17, 15) is 4.39 Å². The molecule has 0 unspecified atom stereocenters. The maximum absolute atomic E-state index is 14.0. The van der Waals surface area contributed by atoms with Crippen LogP contribution < -0.4 is 0 Å². The van der Waals surface area contributed by atoms with Gasteiger partial charge in [-0.2, -0.15) is 14.9 Å². The second kappa shape index (κ2) is 6.62. The summed E-state index contributed by atoms with van der Waals surface area (Å²) in [5, 5.41) is 11.8. The Morgan fingerprint density at radius 2 is 1.83 bits per heavy atom. The Morgan fingerprint density at radius 3 is 2.52 bits per heavy atom. The summed E-state index contributed by atoms with van der Waals surface area (Å²) in [6.07, 6.45) is 1.46.